The first kappa shape index (κ1) is 20.6. The predicted molar refractivity (Wildman–Crippen MR) is 106 cm³/mol. The lowest BCUT2D eigenvalue weighted by atomic mass is 10.2. The van der Waals surface area contributed by atoms with Gasteiger partial charge in [-0.1, -0.05) is 18.3 Å². The number of hydrogen-bond donors (Lipinski definition) is 3. The molecule has 3 rings (SSSR count). The zero-order valence-corrected chi connectivity index (χ0v) is 16.1. The van der Waals surface area contributed by atoms with Gasteiger partial charge in [-0.25, -0.2) is 4.98 Å². The fourth-order valence-corrected chi connectivity index (χ4v) is 3.68. The van der Waals surface area contributed by atoms with Crippen LogP contribution in [0.4, 0.5) is 10.8 Å². The van der Waals surface area contributed by atoms with Gasteiger partial charge in [0.15, 0.2) is 5.13 Å². The monoisotopic (exact) mass is 398 g/mol. The highest BCUT2D eigenvalue weighted by atomic mass is 35.5. The van der Waals surface area contributed by atoms with Crippen molar-refractivity contribution in [2.45, 2.75) is 44.8 Å². The summed E-state index contributed by atoms with van der Waals surface area (Å²) < 4.78 is 6.51. The molecule has 1 aliphatic heterocycles. The first-order valence-electron chi connectivity index (χ1n) is 8.46. The van der Waals surface area contributed by atoms with Gasteiger partial charge in [0.05, 0.1) is 16.3 Å². The van der Waals surface area contributed by atoms with Crippen molar-refractivity contribution in [3.63, 3.8) is 0 Å². The molecule has 2 aromatic rings. The SMILES string of the molecule is CCCC(=O)Nc1nc2ccc(NC(=O)[C@@H]3CC[C@H](CN)O3)cc2s1.Cl. The number of carbonyl (C=O) groups is 2. The molecule has 2 atom stereocenters. The predicted octanol–water partition coefficient (Wildman–Crippen LogP) is 2.90. The zero-order valence-electron chi connectivity index (χ0n) is 14.5. The van der Waals surface area contributed by atoms with Crippen molar-refractivity contribution in [3.05, 3.63) is 18.2 Å². The normalized spacial score (nSPS) is 19.2. The van der Waals surface area contributed by atoms with Crippen LogP contribution in [0, 0.1) is 0 Å². The van der Waals surface area contributed by atoms with Crippen molar-refractivity contribution in [2.24, 2.45) is 5.73 Å². The van der Waals surface area contributed by atoms with E-state index < -0.39 is 6.10 Å². The average molecular weight is 399 g/mol. The summed E-state index contributed by atoms with van der Waals surface area (Å²) in [7, 11) is 0. The van der Waals surface area contributed by atoms with Crippen molar-refractivity contribution < 1.29 is 14.3 Å². The van der Waals surface area contributed by atoms with Crippen LogP contribution in [0.15, 0.2) is 18.2 Å². The Hall–Kier alpha value is -1.74. The second-order valence-electron chi connectivity index (χ2n) is 6.05. The van der Waals surface area contributed by atoms with Crippen LogP contribution < -0.4 is 16.4 Å². The quantitative estimate of drug-likeness (QED) is 0.693. The van der Waals surface area contributed by atoms with Crippen LogP contribution in [0.2, 0.25) is 0 Å². The minimum atomic E-state index is -0.449. The molecule has 0 aliphatic carbocycles. The number of ether oxygens (including phenoxy) is 1. The molecule has 0 unspecified atom stereocenters. The zero-order chi connectivity index (χ0) is 17.8. The van der Waals surface area contributed by atoms with E-state index in [1.807, 2.05) is 19.1 Å². The molecule has 1 aromatic carbocycles. The third-order valence-corrected chi connectivity index (χ3v) is 4.98. The molecular weight excluding hydrogens is 376 g/mol. The molecule has 7 nitrogen and oxygen atoms in total. The summed E-state index contributed by atoms with van der Waals surface area (Å²) in [6.07, 6.45) is 2.28. The van der Waals surface area contributed by atoms with Gasteiger partial charge in [-0.15, -0.1) is 12.4 Å². The average Bonchev–Trinajstić information content (AvgIpc) is 3.20. The van der Waals surface area contributed by atoms with Gasteiger partial charge >= 0.3 is 0 Å². The van der Waals surface area contributed by atoms with Crippen LogP contribution in [0.25, 0.3) is 10.2 Å². The van der Waals surface area contributed by atoms with Gasteiger partial charge in [0.25, 0.3) is 5.91 Å². The molecule has 0 bridgehead atoms. The minimum Gasteiger partial charge on any atom is -0.364 e. The number of amides is 2. The lowest BCUT2D eigenvalue weighted by Crippen LogP contribution is -2.29. The Labute approximate surface area is 162 Å². The van der Waals surface area contributed by atoms with Gasteiger partial charge in [-0.3, -0.25) is 9.59 Å². The van der Waals surface area contributed by atoms with Gasteiger partial charge in [-0.05, 0) is 37.5 Å². The number of rotatable bonds is 6. The van der Waals surface area contributed by atoms with Crippen LogP contribution >= 0.6 is 23.7 Å². The smallest absolute Gasteiger partial charge is 0.253 e. The van der Waals surface area contributed by atoms with Crippen molar-refractivity contribution in [1.29, 1.82) is 0 Å². The highest BCUT2D eigenvalue weighted by molar-refractivity contribution is 7.22. The molecule has 26 heavy (non-hydrogen) atoms. The fourth-order valence-electron chi connectivity index (χ4n) is 2.76. The third kappa shape index (κ3) is 4.91. The molecule has 1 aliphatic rings. The summed E-state index contributed by atoms with van der Waals surface area (Å²) in [6.45, 7) is 2.39. The molecular formula is C17H23ClN4O3S. The Kier molecular flexibility index (Phi) is 7.33. The molecule has 0 saturated carbocycles. The highest BCUT2D eigenvalue weighted by Gasteiger charge is 2.29. The molecule has 4 N–H and O–H groups in total. The van der Waals surface area contributed by atoms with Crippen LogP contribution in [0.3, 0.4) is 0 Å². The van der Waals surface area contributed by atoms with Crippen molar-refractivity contribution in [1.82, 2.24) is 4.98 Å². The van der Waals surface area contributed by atoms with E-state index in [4.69, 9.17) is 10.5 Å². The number of carbonyl (C=O) groups excluding carboxylic acids is 2. The van der Waals surface area contributed by atoms with E-state index in [0.717, 1.165) is 23.1 Å². The summed E-state index contributed by atoms with van der Waals surface area (Å²) in [4.78, 5) is 28.4. The Morgan fingerprint density at radius 3 is 2.85 bits per heavy atom. The maximum absolute atomic E-state index is 12.3. The molecule has 142 valence electrons. The summed E-state index contributed by atoms with van der Waals surface area (Å²) in [6, 6.07) is 5.48. The number of aromatic nitrogens is 1. The summed E-state index contributed by atoms with van der Waals surface area (Å²) in [5.41, 5.74) is 7.05. The lowest BCUT2D eigenvalue weighted by Gasteiger charge is -2.12. The Morgan fingerprint density at radius 2 is 2.15 bits per heavy atom. The second kappa shape index (κ2) is 9.27. The fraction of sp³-hybridized carbons (Fsp3) is 0.471. The number of hydrogen-bond acceptors (Lipinski definition) is 6. The molecule has 0 spiro atoms. The van der Waals surface area contributed by atoms with E-state index in [-0.39, 0.29) is 30.3 Å². The van der Waals surface area contributed by atoms with Gasteiger partial charge in [-0.2, -0.15) is 0 Å². The number of benzene rings is 1. The summed E-state index contributed by atoms with van der Waals surface area (Å²) >= 11 is 1.39. The van der Waals surface area contributed by atoms with Gasteiger partial charge < -0.3 is 21.1 Å². The highest BCUT2D eigenvalue weighted by Crippen LogP contribution is 2.29. The Bertz CT molecular complexity index is 782. The number of nitrogens with two attached hydrogens (primary N) is 1. The molecule has 1 aromatic heterocycles. The molecule has 0 radical (unpaired) electrons. The first-order valence-corrected chi connectivity index (χ1v) is 9.27. The Morgan fingerprint density at radius 1 is 1.35 bits per heavy atom. The maximum Gasteiger partial charge on any atom is 0.253 e. The first-order chi connectivity index (χ1) is 12.1. The lowest BCUT2D eigenvalue weighted by molar-refractivity contribution is -0.126. The number of nitrogens with zero attached hydrogens (tertiary/aromatic N) is 1. The summed E-state index contributed by atoms with van der Waals surface area (Å²) in [5, 5.41) is 6.25. The third-order valence-electron chi connectivity index (χ3n) is 4.04. The van der Waals surface area contributed by atoms with Crippen molar-refractivity contribution in [3.8, 4) is 0 Å². The minimum absolute atomic E-state index is 0. The topological polar surface area (TPSA) is 106 Å². The van der Waals surface area contributed by atoms with E-state index in [2.05, 4.69) is 15.6 Å². The molecule has 9 heteroatoms. The molecule has 1 saturated heterocycles. The van der Waals surface area contributed by atoms with E-state index in [9.17, 15) is 9.59 Å². The molecule has 2 heterocycles. The van der Waals surface area contributed by atoms with Gasteiger partial charge in [0.1, 0.15) is 6.10 Å². The number of anilines is 2. The largest absolute Gasteiger partial charge is 0.364 e. The Balaban J connectivity index is 0.00000243. The maximum atomic E-state index is 12.3. The second-order valence-corrected chi connectivity index (χ2v) is 7.08. The number of thiazole rings is 1. The summed E-state index contributed by atoms with van der Waals surface area (Å²) in [5.74, 6) is -0.195. The van der Waals surface area contributed by atoms with Gasteiger partial charge in [0, 0.05) is 18.7 Å². The number of nitrogens with one attached hydrogen (secondary N) is 2. The van der Waals surface area contributed by atoms with Crippen molar-refractivity contribution in [2.75, 3.05) is 17.2 Å². The molecule has 1 fully saturated rings. The number of halogens is 1. The van der Waals surface area contributed by atoms with Crippen molar-refractivity contribution >= 4 is 56.6 Å². The van der Waals surface area contributed by atoms with Crippen LogP contribution in [-0.4, -0.2) is 35.6 Å². The van der Waals surface area contributed by atoms with Crippen LogP contribution in [0.1, 0.15) is 32.6 Å². The van der Waals surface area contributed by atoms with E-state index in [0.29, 0.717) is 30.2 Å². The molecule has 2 amide bonds. The van der Waals surface area contributed by atoms with E-state index in [1.165, 1.54) is 11.3 Å². The van der Waals surface area contributed by atoms with Crippen LogP contribution in [0.5, 0.6) is 0 Å². The van der Waals surface area contributed by atoms with E-state index >= 15 is 0 Å². The van der Waals surface area contributed by atoms with Crippen LogP contribution in [-0.2, 0) is 14.3 Å². The standard InChI is InChI=1S/C17H22N4O3S.ClH/c1-2-3-15(22)21-17-20-12-6-4-10(8-14(12)25-17)19-16(23)13-7-5-11(9-18)24-13;/h4,6,8,11,13H,2-3,5,7,9,18H2,1H3,(H,19,23)(H,20,21,22);1H/t11-,13+;/m1./s1. The van der Waals surface area contributed by atoms with Gasteiger partial charge in [0.2, 0.25) is 5.91 Å². The number of fused-ring (bicyclic) bond motifs is 1. The van der Waals surface area contributed by atoms with E-state index in [1.54, 1.807) is 6.07 Å².